The Morgan fingerprint density at radius 2 is 2.07 bits per heavy atom. The van der Waals surface area contributed by atoms with Crippen LogP contribution >= 0.6 is 11.9 Å². The Hall–Kier alpha value is -0.610. The molecule has 14 heavy (non-hydrogen) atoms. The van der Waals surface area contributed by atoms with Crippen LogP contribution in [0.15, 0.2) is 22.3 Å². The fourth-order valence-corrected chi connectivity index (χ4v) is 1.57. The number of nitrogens with zero attached hydrogens (tertiary/aromatic N) is 1. The van der Waals surface area contributed by atoms with Gasteiger partial charge >= 0.3 is 0 Å². The molecule has 1 N–H and O–H groups in total. The minimum atomic E-state index is 0.751. The number of nitrogens with one attached hydrogen (secondary N) is 1. The summed E-state index contributed by atoms with van der Waals surface area (Å²) in [7, 11) is 3.40. The molecule has 0 amide bonds. The third-order valence-electron chi connectivity index (χ3n) is 1.77. The van der Waals surface area contributed by atoms with Crippen molar-refractivity contribution in [3.8, 4) is 0 Å². The second-order valence-electron chi connectivity index (χ2n) is 3.16. The molecule has 0 atom stereocenters. The van der Waals surface area contributed by atoms with Crippen molar-refractivity contribution in [3.63, 3.8) is 0 Å². The van der Waals surface area contributed by atoms with Crippen molar-refractivity contribution in [1.29, 1.82) is 0 Å². The van der Waals surface area contributed by atoms with Crippen LogP contribution in [0.2, 0.25) is 0 Å². The van der Waals surface area contributed by atoms with E-state index in [1.54, 1.807) is 0 Å². The van der Waals surface area contributed by atoms with E-state index in [0.29, 0.717) is 0 Å². The van der Waals surface area contributed by atoms with Gasteiger partial charge in [-0.3, -0.25) is 4.72 Å². The summed E-state index contributed by atoms with van der Waals surface area (Å²) in [6.45, 7) is 6.05. The van der Waals surface area contributed by atoms with Crippen LogP contribution < -0.4 is 4.72 Å². The first-order valence-corrected chi connectivity index (χ1v) is 5.47. The topological polar surface area (TPSA) is 32.1 Å². The van der Waals surface area contributed by atoms with E-state index in [-0.39, 0.29) is 0 Å². The second-order valence-corrected chi connectivity index (χ2v) is 4.21. The van der Waals surface area contributed by atoms with Crippen LogP contribution in [0, 0.1) is 4.91 Å². The highest BCUT2D eigenvalue weighted by molar-refractivity contribution is 8.01. The molecule has 0 spiro atoms. The van der Waals surface area contributed by atoms with E-state index in [2.05, 4.69) is 4.72 Å². The van der Waals surface area contributed by atoms with Crippen molar-refractivity contribution in [2.45, 2.75) is 27.2 Å². The molecule has 0 radical (unpaired) electrons. The van der Waals surface area contributed by atoms with E-state index in [1.807, 2.05) is 33.9 Å². The molecule has 0 rings (SSSR count). The van der Waals surface area contributed by atoms with Crippen LogP contribution in [-0.4, -0.2) is 18.9 Å². The van der Waals surface area contributed by atoms with Gasteiger partial charge in [0, 0.05) is 27.1 Å². The average Bonchev–Trinajstić information content (AvgIpc) is 2.11. The van der Waals surface area contributed by atoms with Gasteiger partial charge in [-0.25, -0.2) is 0 Å². The van der Waals surface area contributed by atoms with Crippen molar-refractivity contribution < 1.29 is 4.76 Å². The number of allylic oxidation sites excluding steroid dienone is 3. The smallest absolute Gasteiger partial charge is 0.233 e. The quantitative estimate of drug-likeness (QED) is 0.435. The van der Waals surface area contributed by atoms with Crippen molar-refractivity contribution in [1.82, 2.24) is 4.72 Å². The Labute approximate surface area is 90.4 Å². The molecule has 0 aromatic heterocycles. The third kappa shape index (κ3) is 4.58. The first-order valence-electron chi connectivity index (χ1n) is 4.65. The summed E-state index contributed by atoms with van der Waals surface area (Å²) < 4.78 is 3.93. The second kappa shape index (κ2) is 6.79. The maximum atomic E-state index is 11.1. The van der Waals surface area contributed by atoms with Crippen LogP contribution in [0.1, 0.15) is 27.2 Å². The van der Waals surface area contributed by atoms with Crippen LogP contribution in [0.3, 0.4) is 0 Å². The normalized spacial score (nSPS) is 11.4. The van der Waals surface area contributed by atoms with Gasteiger partial charge in [-0.2, -0.15) is 0 Å². The Morgan fingerprint density at radius 1 is 1.50 bits per heavy atom. The van der Waals surface area contributed by atoms with Crippen LogP contribution in [0.4, 0.5) is 0 Å². The van der Waals surface area contributed by atoms with Crippen LogP contribution in [0.25, 0.3) is 0 Å². The Kier molecular flexibility index (Phi) is 6.49. The van der Waals surface area contributed by atoms with E-state index >= 15 is 0 Å². The first kappa shape index (κ1) is 13.4. The first-order chi connectivity index (χ1) is 6.52. The summed E-state index contributed by atoms with van der Waals surface area (Å²) in [5, 5.41) is 0. The summed E-state index contributed by atoms with van der Waals surface area (Å²) >= 11 is 1.53. The highest BCUT2D eigenvalue weighted by atomic mass is 32.2. The molecule has 80 valence electrons. The van der Waals surface area contributed by atoms with Gasteiger partial charge in [0.1, 0.15) is 0 Å². The highest BCUT2D eigenvalue weighted by Gasteiger charge is 2.10. The van der Waals surface area contributed by atoms with E-state index in [9.17, 15) is 4.91 Å². The zero-order chi connectivity index (χ0) is 11.1. The molecule has 0 fully saturated rings. The fourth-order valence-electron chi connectivity index (χ4n) is 0.953. The number of nitroso groups, excluding NO2 is 1. The predicted molar refractivity (Wildman–Crippen MR) is 63.0 cm³/mol. The van der Waals surface area contributed by atoms with Gasteiger partial charge in [-0.1, -0.05) is 12.5 Å². The van der Waals surface area contributed by atoms with Crippen molar-refractivity contribution in [2.75, 3.05) is 14.1 Å². The fraction of sp³-hybridized carbons (Fsp3) is 0.600. The summed E-state index contributed by atoms with van der Waals surface area (Å²) in [4.78, 5) is 12.2. The molecule has 0 aliphatic carbocycles. The number of rotatable bonds is 5. The van der Waals surface area contributed by atoms with E-state index in [4.69, 9.17) is 0 Å². The monoisotopic (exact) mass is 215 g/mol. The van der Waals surface area contributed by atoms with Gasteiger partial charge in [-0.15, -0.1) is 0 Å². The van der Waals surface area contributed by atoms with Gasteiger partial charge in [0.05, 0.1) is 0 Å². The largest absolute Gasteiger partial charge is 0.263 e. The Balaban J connectivity index is 4.88. The van der Waals surface area contributed by atoms with Crippen molar-refractivity contribution >= 4 is 11.9 Å². The van der Waals surface area contributed by atoms with Gasteiger partial charge in [0.15, 0.2) is 7.05 Å². The summed E-state index contributed by atoms with van der Waals surface area (Å²) in [6, 6.07) is 0. The maximum Gasteiger partial charge on any atom is 0.233 e. The molecule has 0 unspecified atom stereocenters. The molecular formula is C10H19N2OS+. The molecule has 0 saturated heterocycles. The summed E-state index contributed by atoms with van der Waals surface area (Å²) in [6.07, 6.45) is 2.69. The van der Waals surface area contributed by atoms with Gasteiger partial charge in [-0.05, 0) is 32.8 Å². The molecular weight excluding hydrogens is 196 g/mol. The number of hydrogen-bond acceptors (Lipinski definition) is 3. The maximum absolute atomic E-state index is 11.1. The van der Waals surface area contributed by atoms with Gasteiger partial charge in [0.2, 0.25) is 5.70 Å². The molecule has 0 heterocycles. The lowest BCUT2D eigenvalue weighted by molar-refractivity contribution is -0.468. The molecule has 0 aromatic rings. The van der Waals surface area contributed by atoms with Crippen molar-refractivity contribution in [3.05, 3.63) is 27.2 Å². The number of hydrogen-bond donors (Lipinski definition) is 1. The highest BCUT2D eigenvalue weighted by Crippen LogP contribution is 2.20. The molecule has 0 aromatic carbocycles. The Morgan fingerprint density at radius 3 is 2.36 bits per heavy atom. The van der Waals surface area contributed by atoms with Crippen LogP contribution in [0.5, 0.6) is 0 Å². The lowest BCUT2D eigenvalue weighted by atomic mass is 10.2. The van der Waals surface area contributed by atoms with Crippen molar-refractivity contribution in [2.24, 2.45) is 0 Å². The van der Waals surface area contributed by atoms with E-state index in [1.165, 1.54) is 24.6 Å². The SMILES string of the molecule is CC/C(=C\C(SNC)=C(C)C)[N+](C)=O. The van der Waals surface area contributed by atoms with Gasteiger partial charge in [0.25, 0.3) is 0 Å². The molecule has 0 aliphatic heterocycles. The summed E-state index contributed by atoms with van der Waals surface area (Å²) in [5.74, 6) is 0. The predicted octanol–water partition coefficient (Wildman–Crippen LogP) is 2.85. The molecule has 0 bridgehead atoms. The molecule has 3 nitrogen and oxygen atoms in total. The lowest BCUT2D eigenvalue weighted by Crippen LogP contribution is -2.01. The molecule has 0 saturated carbocycles. The minimum absolute atomic E-state index is 0.751. The third-order valence-corrected chi connectivity index (χ3v) is 2.72. The standard InChI is InChI=1S/C10H19N2OS/c1-6-9(12(5)13)7-10(8(2)3)14-11-4/h7,11H,6H2,1-5H3/q+1/b9-7+. The molecule has 4 heteroatoms. The lowest BCUT2D eigenvalue weighted by Gasteiger charge is -2.02. The zero-order valence-corrected chi connectivity index (χ0v) is 10.4. The Bertz CT molecular complexity index is 265. The van der Waals surface area contributed by atoms with Gasteiger partial charge < -0.3 is 0 Å². The van der Waals surface area contributed by atoms with E-state index in [0.717, 1.165) is 21.8 Å². The van der Waals surface area contributed by atoms with E-state index < -0.39 is 0 Å². The minimum Gasteiger partial charge on any atom is -0.263 e. The molecule has 0 aliphatic rings. The van der Waals surface area contributed by atoms with Crippen LogP contribution in [-0.2, 0) is 0 Å². The average molecular weight is 215 g/mol. The summed E-state index contributed by atoms with van der Waals surface area (Å²) in [5.41, 5.74) is 2.00. The zero-order valence-electron chi connectivity index (χ0n) is 9.55.